The number of hydrogen-bond donors (Lipinski definition) is 2. The molecule has 0 fully saturated rings. The summed E-state index contributed by atoms with van der Waals surface area (Å²) >= 11 is 0. The molecule has 0 radical (unpaired) electrons. The van der Waals surface area contributed by atoms with Gasteiger partial charge in [0.05, 0.1) is 12.6 Å². The lowest BCUT2D eigenvalue weighted by Gasteiger charge is -2.19. The van der Waals surface area contributed by atoms with Gasteiger partial charge in [0.2, 0.25) is 5.91 Å². The summed E-state index contributed by atoms with van der Waals surface area (Å²) in [5.41, 5.74) is 0. The molecule has 0 aromatic rings. The van der Waals surface area contributed by atoms with Crippen molar-refractivity contribution in [1.82, 2.24) is 10.6 Å². The summed E-state index contributed by atoms with van der Waals surface area (Å²) in [4.78, 5) is 11.7. The van der Waals surface area contributed by atoms with E-state index in [4.69, 9.17) is 9.47 Å². The topological polar surface area (TPSA) is 59.6 Å². The minimum atomic E-state index is -0.201. The van der Waals surface area contributed by atoms with Crippen molar-refractivity contribution < 1.29 is 14.3 Å². The number of hydrogen-bond acceptors (Lipinski definition) is 4. The third-order valence-electron chi connectivity index (χ3n) is 2.32. The third-order valence-corrected chi connectivity index (χ3v) is 2.32. The maximum atomic E-state index is 11.7. The maximum Gasteiger partial charge on any atom is 0.236 e. The van der Waals surface area contributed by atoms with Crippen LogP contribution in [0.15, 0.2) is 0 Å². The molecule has 0 heterocycles. The smallest absolute Gasteiger partial charge is 0.236 e. The molecule has 0 aromatic heterocycles. The predicted molar refractivity (Wildman–Crippen MR) is 68.1 cm³/mol. The highest BCUT2D eigenvalue weighted by molar-refractivity contribution is 5.81. The number of amides is 1. The van der Waals surface area contributed by atoms with E-state index in [2.05, 4.69) is 10.6 Å². The Morgan fingerprint density at radius 3 is 2.65 bits per heavy atom. The normalized spacial score (nSPS) is 14.4. The molecule has 5 heteroatoms. The minimum absolute atomic E-state index is 0.0180. The summed E-state index contributed by atoms with van der Waals surface area (Å²) in [5.74, 6) is 0.0180. The first-order valence-corrected chi connectivity index (χ1v) is 6.22. The van der Waals surface area contributed by atoms with Crippen LogP contribution in [-0.4, -0.2) is 51.5 Å². The first-order chi connectivity index (χ1) is 8.11. The van der Waals surface area contributed by atoms with Crippen LogP contribution < -0.4 is 10.6 Å². The summed E-state index contributed by atoms with van der Waals surface area (Å²) in [7, 11) is 1.65. The van der Waals surface area contributed by atoms with Crippen molar-refractivity contribution in [2.45, 2.75) is 39.3 Å². The largest absolute Gasteiger partial charge is 0.385 e. The molecule has 0 aliphatic rings. The van der Waals surface area contributed by atoms with E-state index in [0.717, 1.165) is 6.42 Å². The number of carbonyl (C=O) groups is 1. The van der Waals surface area contributed by atoms with Crippen LogP contribution in [0.1, 0.15) is 27.2 Å². The number of ether oxygens (including phenoxy) is 2. The van der Waals surface area contributed by atoms with Gasteiger partial charge in [-0.05, 0) is 27.2 Å². The minimum Gasteiger partial charge on any atom is -0.385 e. The molecule has 1 amide bonds. The Bertz CT molecular complexity index is 200. The zero-order valence-electron chi connectivity index (χ0n) is 11.4. The number of rotatable bonds is 10. The molecule has 0 aromatic carbocycles. The Morgan fingerprint density at radius 1 is 1.35 bits per heavy atom. The van der Waals surface area contributed by atoms with Crippen molar-refractivity contribution in [3.8, 4) is 0 Å². The molecule has 0 bridgehead atoms. The highest BCUT2D eigenvalue weighted by atomic mass is 16.5. The third kappa shape index (κ3) is 9.09. The molecular weight excluding hydrogens is 220 g/mol. The summed E-state index contributed by atoms with van der Waals surface area (Å²) in [6.45, 7) is 8.46. The van der Waals surface area contributed by atoms with Gasteiger partial charge in [0.1, 0.15) is 0 Å². The average molecular weight is 246 g/mol. The molecular formula is C12H26N2O3. The lowest BCUT2D eigenvalue weighted by atomic mass is 10.2. The van der Waals surface area contributed by atoms with E-state index < -0.39 is 0 Å². The van der Waals surface area contributed by atoms with E-state index in [1.54, 1.807) is 7.11 Å². The molecule has 0 saturated carbocycles. The van der Waals surface area contributed by atoms with E-state index >= 15 is 0 Å². The van der Waals surface area contributed by atoms with Crippen LogP contribution in [0.3, 0.4) is 0 Å². The van der Waals surface area contributed by atoms with Crippen LogP contribution >= 0.6 is 0 Å². The molecule has 2 N–H and O–H groups in total. The van der Waals surface area contributed by atoms with Crippen molar-refractivity contribution in [3.63, 3.8) is 0 Å². The van der Waals surface area contributed by atoms with E-state index in [0.29, 0.717) is 26.4 Å². The van der Waals surface area contributed by atoms with E-state index in [1.165, 1.54) is 0 Å². The van der Waals surface area contributed by atoms with Gasteiger partial charge in [-0.25, -0.2) is 0 Å². The highest BCUT2D eigenvalue weighted by Crippen LogP contribution is 1.90. The first kappa shape index (κ1) is 16.4. The molecule has 0 rings (SSSR count). The van der Waals surface area contributed by atoms with Gasteiger partial charge >= 0.3 is 0 Å². The van der Waals surface area contributed by atoms with Crippen molar-refractivity contribution in [2.75, 3.05) is 33.5 Å². The standard InChI is InChI=1S/C12H26N2O3/c1-5-17-9-10(2)14-11(3)12(15)13-7-6-8-16-4/h10-11,14H,5-9H2,1-4H3,(H,13,15). The molecule has 0 aliphatic carbocycles. The molecule has 2 atom stereocenters. The van der Waals surface area contributed by atoms with Gasteiger partial charge in [-0.15, -0.1) is 0 Å². The van der Waals surface area contributed by atoms with Gasteiger partial charge in [-0.2, -0.15) is 0 Å². The van der Waals surface area contributed by atoms with Gasteiger partial charge in [0, 0.05) is 32.9 Å². The van der Waals surface area contributed by atoms with Gasteiger partial charge in [0.25, 0.3) is 0 Å². The quantitative estimate of drug-likeness (QED) is 0.552. The lowest BCUT2D eigenvalue weighted by molar-refractivity contribution is -0.123. The molecule has 5 nitrogen and oxygen atoms in total. The Morgan fingerprint density at radius 2 is 2.06 bits per heavy atom. The van der Waals surface area contributed by atoms with Crippen molar-refractivity contribution in [3.05, 3.63) is 0 Å². The van der Waals surface area contributed by atoms with Crippen LogP contribution in [0.25, 0.3) is 0 Å². The van der Waals surface area contributed by atoms with Crippen LogP contribution in [0.5, 0.6) is 0 Å². The van der Waals surface area contributed by atoms with Crippen LogP contribution in [0.2, 0.25) is 0 Å². The Hall–Kier alpha value is -0.650. The van der Waals surface area contributed by atoms with Crippen molar-refractivity contribution in [1.29, 1.82) is 0 Å². The summed E-state index contributed by atoms with van der Waals surface area (Å²) < 4.78 is 10.2. The second-order valence-electron chi connectivity index (χ2n) is 4.09. The summed E-state index contributed by atoms with van der Waals surface area (Å²) in [6, 6.07) is -0.0253. The fraction of sp³-hybridized carbons (Fsp3) is 0.917. The first-order valence-electron chi connectivity index (χ1n) is 6.22. The van der Waals surface area contributed by atoms with E-state index in [1.807, 2.05) is 20.8 Å². The molecule has 0 aliphatic heterocycles. The van der Waals surface area contributed by atoms with Gasteiger partial charge in [-0.3, -0.25) is 4.79 Å². The number of methoxy groups -OCH3 is 1. The van der Waals surface area contributed by atoms with E-state index in [-0.39, 0.29) is 18.0 Å². The monoisotopic (exact) mass is 246 g/mol. The highest BCUT2D eigenvalue weighted by Gasteiger charge is 2.14. The van der Waals surface area contributed by atoms with Crippen molar-refractivity contribution in [2.24, 2.45) is 0 Å². The predicted octanol–water partition coefficient (Wildman–Crippen LogP) is 0.542. The fourth-order valence-electron chi connectivity index (χ4n) is 1.43. The van der Waals surface area contributed by atoms with Crippen LogP contribution in [0.4, 0.5) is 0 Å². The molecule has 0 saturated heterocycles. The van der Waals surface area contributed by atoms with Gasteiger partial charge in [0.15, 0.2) is 0 Å². The van der Waals surface area contributed by atoms with Crippen LogP contribution in [0, 0.1) is 0 Å². The molecule has 102 valence electrons. The zero-order chi connectivity index (χ0) is 13.1. The maximum absolute atomic E-state index is 11.7. The van der Waals surface area contributed by atoms with E-state index in [9.17, 15) is 4.79 Å². The van der Waals surface area contributed by atoms with Crippen LogP contribution in [-0.2, 0) is 14.3 Å². The molecule has 2 unspecified atom stereocenters. The van der Waals surface area contributed by atoms with Gasteiger partial charge < -0.3 is 20.1 Å². The molecule has 17 heavy (non-hydrogen) atoms. The number of carbonyl (C=O) groups excluding carboxylic acids is 1. The second kappa shape index (κ2) is 10.5. The average Bonchev–Trinajstić information content (AvgIpc) is 2.31. The van der Waals surface area contributed by atoms with Crippen molar-refractivity contribution >= 4 is 5.91 Å². The Labute approximate surface area is 104 Å². The summed E-state index contributed by atoms with van der Waals surface area (Å²) in [5, 5.41) is 6.04. The van der Waals surface area contributed by atoms with Gasteiger partial charge in [-0.1, -0.05) is 0 Å². The molecule has 0 spiro atoms. The summed E-state index contributed by atoms with van der Waals surface area (Å²) in [6.07, 6.45) is 0.837. The number of nitrogens with one attached hydrogen (secondary N) is 2. The fourth-order valence-corrected chi connectivity index (χ4v) is 1.43. The zero-order valence-corrected chi connectivity index (χ0v) is 11.4. The lowest BCUT2D eigenvalue weighted by Crippen LogP contribution is -2.47. The Kier molecular flexibility index (Phi) is 10.1. The Balaban J connectivity index is 3.65. The second-order valence-corrected chi connectivity index (χ2v) is 4.09. The SMILES string of the molecule is CCOCC(C)NC(C)C(=O)NCCCOC.